The highest BCUT2D eigenvalue weighted by Crippen LogP contribution is 2.43. The van der Waals surface area contributed by atoms with E-state index in [0.29, 0.717) is 13.0 Å². The van der Waals surface area contributed by atoms with Gasteiger partial charge in [-0.15, -0.1) is 0 Å². The Morgan fingerprint density at radius 1 is 0.525 bits per heavy atom. The first-order valence-corrected chi connectivity index (χ1v) is 26.6. The molecule has 0 saturated heterocycles. The summed E-state index contributed by atoms with van der Waals surface area (Å²) in [4.78, 5) is 22.7. The Hall–Kier alpha value is -1.58. The first kappa shape index (κ1) is 59.4. The third-order valence-corrected chi connectivity index (χ3v) is 11.7. The van der Waals surface area contributed by atoms with Crippen LogP contribution in [-0.2, 0) is 27.9 Å². The maximum atomic E-state index is 12.7. The topological polar surface area (TPSA) is 132 Å². The SMILES string of the molecule is CC/C=C\C/C=C\C/C=C\C/C=C\CCCCCCCCC(=O)OC(COCCCCCCCCCCCCCCCCCCCCCCC)COP(=O)(O)OCC(O)CO. The van der Waals surface area contributed by atoms with Crippen LogP contribution in [0.3, 0.4) is 0 Å². The van der Waals surface area contributed by atoms with Crippen LogP contribution in [0.1, 0.15) is 226 Å². The molecule has 358 valence electrons. The lowest BCUT2D eigenvalue weighted by Gasteiger charge is -2.20. The van der Waals surface area contributed by atoms with Gasteiger partial charge in [-0.25, -0.2) is 4.57 Å². The van der Waals surface area contributed by atoms with Crippen LogP contribution in [0.5, 0.6) is 0 Å². The van der Waals surface area contributed by atoms with E-state index in [-0.39, 0.29) is 19.6 Å². The number of rotatable bonds is 48. The Morgan fingerprint density at radius 3 is 1.41 bits per heavy atom. The molecule has 0 aliphatic rings. The van der Waals surface area contributed by atoms with E-state index in [1.165, 1.54) is 122 Å². The molecule has 0 aromatic heterocycles. The molecule has 61 heavy (non-hydrogen) atoms. The molecule has 0 aromatic rings. The van der Waals surface area contributed by atoms with Crippen molar-refractivity contribution in [2.45, 2.75) is 238 Å². The van der Waals surface area contributed by atoms with Crippen molar-refractivity contribution in [3.8, 4) is 0 Å². The molecule has 0 saturated carbocycles. The number of allylic oxidation sites excluding steroid dienone is 8. The van der Waals surface area contributed by atoms with Crippen molar-refractivity contribution in [3.63, 3.8) is 0 Å². The van der Waals surface area contributed by atoms with Crippen molar-refractivity contribution in [1.29, 1.82) is 0 Å². The zero-order chi connectivity index (χ0) is 44.6. The number of aliphatic hydroxyl groups excluding tert-OH is 2. The number of ether oxygens (including phenoxy) is 2. The smallest absolute Gasteiger partial charge is 0.457 e. The van der Waals surface area contributed by atoms with E-state index >= 15 is 0 Å². The molecule has 0 amide bonds. The van der Waals surface area contributed by atoms with Gasteiger partial charge in [0.15, 0.2) is 0 Å². The summed E-state index contributed by atoms with van der Waals surface area (Å²) in [7, 11) is -4.53. The lowest BCUT2D eigenvalue weighted by Crippen LogP contribution is -2.29. The first-order chi connectivity index (χ1) is 29.8. The molecule has 0 bridgehead atoms. The number of carbonyl (C=O) groups excluding carboxylic acids is 1. The van der Waals surface area contributed by atoms with Crippen LogP contribution in [0.25, 0.3) is 0 Å². The fraction of sp³-hybridized carbons (Fsp3) is 0.824. The van der Waals surface area contributed by atoms with Crippen molar-refractivity contribution in [3.05, 3.63) is 48.6 Å². The monoisotopic (exact) mass is 883 g/mol. The normalized spacial score (nSPS) is 14.2. The number of hydrogen-bond donors (Lipinski definition) is 3. The van der Waals surface area contributed by atoms with Crippen LogP contribution in [0, 0.1) is 0 Å². The second-order valence-electron chi connectivity index (χ2n) is 16.8. The molecular weight excluding hydrogens is 788 g/mol. The van der Waals surface area contributed by atoms with Crippen molar-refractivity contribution in [2.75, 3.05) is 33.0 Å². The van der Waals surface area contributed by atoms with Crippen LogP contribution in [0.15, 0.2) is 48.6 Å². The van der Waals surface area contributed by atoms with Gasteiger partial charge in [0.05, 0.1) is 26.4 Å². The molecule has 3 N–H and O–H groups in total. The fourth-order valence-electron chi connectivity index (χ4n) is 7.00. The van der Waals surface area contributed by atoms with Crippen LogP contribution >= 0.6 is 7.82 Å². The van der Waals surface area contributed by atoms with Gasteiger partial charge in [-0.1, -0.05) is 217 Å². The summed E-state index contributed by atoms with van der Waals surface area (Å²) in [5, 5.41) is 18.4. The quantitative estimate of drug-likeness (QED) is 0.0236. The maximum absolute atomic E-state index is 12.7. The minimum Gasteiger partial charge on any atom is -0.457 e. The van der Waals surface area contributed by atoms with E-state index < -0.39 is 39.2 Å². The molecule has 0 radical (unpaired) electrons. The van der Waals surface area contributed by atoms with Crippen LogP contribution in [0.4, 0.5) is 0 Å². The zero-order valence-electron chi connectivity index (χ0n) is 39.4. The molecule has 3 atom stereocenters. The predicted octanol–water partition coefficient (Wildman–Crippen LogP) is 14.5. The van der Waals surface area contributed by atoms with Gasteiger partial charge in [-0.3, -0.25) is 13.8 Å². The summed E-state index contributed by atoms with van der Waals surface area (Å²) >= 11 is 0. The molecule has 0 aliphatic heterocycles. The Bertz CT molecular complexity index is 1090. The van der Waals surface area contributed by atoms with E-state index in [0.717, 1.165) is 77.0 Å². The molecule has 3 unspecified atom stereocenters. The predicted molar refractivity (Wildman–Crippen MR) is 256 cm³/mol. The lowest BCUT2D eigenvalue weighted by atomic mass is 10.0. The largest absolute Gasteiger partial charge is 0.472 e. The van der Waals surface area contributed by atoms with Crippen molar-refractivity contribution in [1.82, 2.24) is 0 Å². The van der Waals surface area contributed by atoms with Gasteiger partial charge >= 0.3 is 13.8 Å². The van der Waals surface area contributed by atoms with Crippen molar-refractivity contribution < 1.29 is 43.0 Å². The highest BCUT2D eigenvalue weighted by Gasteiger charge is 2.26. The van der Waals surface area contributed by atoms with Gasteiger partial charge < -0.3 is 24.6 Å². The standard InChI is InChI=1S/C51H95O9P/c1-3-5-7-9-11-13-15-17-19-21-23-24-26-28-30-32-34-36-38-40-42-44-57-47-50(48-59-61(55,56)58-46-49(53)45-52)60-51(54)43-41-39-37-35-33-31-29-27-25-22-20-18-16-14-12-10-8-6-4-2/h6,8,12,14,18,20,25,27,49-50,52-53H,3-5,7,9-11,13,15-17,19,21-24,26,28-48H2,1-2H3,(H,55,56)/b8-6-,14-12-,20-18-,27-25-. The molecule has 0 spiro atoms. The molecule has 9 nitrogen and oxygen atoms in total. The number of carbonyl (C=O) groups is 1. The highest BCUT2D eigenvalue weighted by atomic mass is 31.2. The second-order valence-corrected chi connectivity index (χ2v) is 18.3. The minimum atomic E-state index is -4.53. The fourth-order valence-corrected chi connectivity index (χ4v) is 7.79. The number of phosphoric ester groups is 1. The molecule has 0 heterocycles. The van der Waals surface area contributed by atoms with Crippen molar-refractivity contribution >= 4 is 13.8 Å². The summed E-state index contributed by atoms with van der Waals surface area (Å²) in [6.07, 6.45) is 55.0. The van der Waals surface area contributed by atoms with E-state index in [2.05, 4.69) is 62.5 Å². The Labute approximate surface area is 375 Å². The number of esters is 1. The summed E-state index contributed by atoms with van der Waals surface area (Å²) in [5.41, 5.74) is 0. The minimum absolute atomic E-state index is 0.0451. The summed E-state index contributed by atoms with van der Waals surface area (Å²) in [6.45, 7) is 3.43. The third kappa shape index (κ3) is 47.7. The maximum Gasteiger partial charge on any atom is 0.472 e. The molecule has 10 heteroatoms. The molecule has 0 aromatic carbocycles. The van der Waals surface area contributed by atoms with E-state index in [1.54, 1.807) is 0 Å². The Kier molecular flexibility index (Phi) is 46.6. The highest BCUT2D eigenvalue weighted by molar-refractivity contribution is 7.47. The lowest BCUT2D eigenvalue weighted by molar-refractivity contribution is -0.154. The average Bonchev–Trinajstić information content (AvgIpc) is 3.25. The van der Waals surface area contributed by atoms with Gasteiger partial charge in [0.25, 0.3) is 0 Å². The number of hydrogen-bond acceptors (Lipinski definition) is 8. The molecule has 0 rings (SSSR count). The molecule has 0 aliphatic carbocycles. The van der Waals surface area contributed by atoms with Gasteiger partial charge in [-0.2, -0.15) is 0 Å². The first-order valence-electron chi connectivity index (χ1n) is 25.1. The molecular formula is C51H95O9P. The van der Waals surface area contributed by atoms with E-state index in [4.69, 9.17) is 23.6 Å². The van der Waals surface area contributed by atoms with Gasteiger partial charge in [0.1, 0.15) is 12.2 Å². The third-order valence-electron chi connectivity index (χ3n) is 10.8. The van der Waals surface area contributed by atoms with Gasteiger partial charge in [-0.05, 0) is 51.4 Å². The van der Waals surface area contributed by atoms with Crippen LogP contribution in [0.2, 0.25) is 0 Å². The average molecular weight is 883 g/mol. The van der Waals surface area contributed by atoms with Crippen LogP contribution in [-0.4, -0.2) is 66.3 Å². The van der Waals surface area contributed by atoms with Crippen LogP contribution < -0.4 is 0 Å². The second kappa shape index (κ2) is 47.9. The van der Waals surface area contributed by atoms with E-state index in [1.807, 2.05) is 0 Å². The molecule has 0 fully saturated rings. The number of aliphatic hydroxyl groups is 2. The zero-order valence-corrected chi connectivity index (χ0v) is 40.3. The van der Waals surface area contributed by atoms with Gasteiger partial charge in [0.2, 0.25) is 0 Å². The Balaban J connectivity index is 4.09. The number of unbranched alkanes of at least 4 members (excludes halogenated alkanes) is 26. The number of phosphoric acid groups is 1. The van der Waals surface area contributed by atoms with Gasteiger partial charge in [0, 0.05) is 13.0 Å². The van der Waals surface area contributed by atoms with Crippen molar-refractivity contribution in [2.24, 2.45) is 0 Å². The van der Waals surface area contributed by atoms with E-state index in [9.17, 15) is 19.4 Å². The summed E-state index contributed by atoms with van der Waals surface area (Å²) < 4.78 is 33.5. The summed E-state index contributed by atoms with van der Waals surface area (Å²) in [5.74, 6) is -0.394. The summed E-state index contributed by atoms with van der Waals surface area (Å²) in [6, 6.07) is 0. The Morgan fingerprint density at radius 2 is 0.934 bits per heavy atom.